The van der Waals surface area contributed by atoms with Crippen molar-refractivity contribution in [3.63, 3.8) is 0 Å². The fraction of sp³-hybridized carbons (Fsp3) is 0.571. The highest BCUT2D eigenvalue weighted by atomic mass is 14.0. The molecule has 0 aromatic rings. The lowest BCUT2D eigenvalue weighted by Gasteiger charge is -2.02. The first-order valence-corrected chi connectivity index (χ1v) is 5.65. The van der Waals surface area contributed by atoms with Crippen LogP contribution in [0.2, 0.25) is 0 Å². The van der Waals surface area contributed by atoms with Gasteiger partial charge in [-0.2, -0.15) is 0 Å². The first-order chi connectivity index (χ1) is 6.74. The van der Waals surface area contributed by atoms with Crippen LogP contribution < -0.4 is 0 Å². The molecule has 0 radical (unpaired) electrons. The topological polar surface area (TPSA) is 0 Å². The van der Waals surface area contributed by atoms with Crippen LogP contribution in [0.5, 0.6) is 0 Å². The molecule has 0 nitrogen and oxygen atoms in total. The van der Waals surface area contributed by atoms with Gasteiger partial charge in [-0.1, -0.05) is 42.7 Å². The van der Waals surface area contributed by atoms with Gasteiger partial charge >= 0.3 is 0 Å². The summed E-state index contributed by atoms with van der Waals surface area (Å²) in [7, 11) is 0. The van der Waals surface area contributed by atoms with Crippen molar-refractivity contribution in [2.24, 2.45) is 0 Å². The lowest BCUT2D eigenvalue weighted by molar-refractivity contribution is 0.874. The average molecular weight is 192 g/mol. The van der Waals surface area contributed by atoms with E-state index >= 15 is 0 Å². The minimum Gasteiger partial charge on any atom is -0.103 e. The van der Waals surface area contributed by atoms with Gasteiger partial charge in [-0.3, -0.25) is 0 Å². The normalized spacial score (nSPS) is 13.1. The predicted molar refractivity (Wildman–Crippen MR) is 66.5 cm³/mol. The van der Waals surface area contributed by atoms with Gasteiger partial charge in [-0.25, -0.2) is 0 Å². The van der Waals surface area contributed by atoms with E-state index in [4.69, 9.17) is 0 Å². The Labute approximate surface area is 89.4 Å². The number of hydrogen-bond donors (Lipinski definition) is 0. The summed E-state index contributed by atoms with van der Waals surface area (Å²) in [6.07, 6.45) is 12.5. The molecule has 0 fully saturated rings. The van der Waals surface area contributed by atoms with Crippen LogP contribution in [-0.2, 0) is 0 Å². The Morgan fingerprint density at radius 2 is 2.00 bits per heavy atom. The van der Waals surface area contributed by atoms with Crippen LogP contribution in [0.1, 0.15) is 52.9 Å². The van der Waals surface area contributed by atoms with Gasteiger partial charge in [-0.15, -0.1) is 6.58 Å². The molecule has 0 amide bonds. The van der Waals surface area contributed by atoms with Crippen LogP contribution in [0.3, 0.4) is 0 Å². The Kier molecular flexibility index (Phi) is 8.31. The van der Waals surface area contributed by atoms with Crippen molar-refractivity contribution < 1.29 is 0 Å². The summed E-state index contributed by atoms with van der Waals surface area (Å²) in [5.41, 5.74) is 3.03. The first-order valence-electron chi connectivity index (χ1n) is 5.65. The fourth-order valence-electron chi connectivity index (χ4n) is 1.55. The molecule has 0 saturated carbocycles. The highest BCUT2D eigenvalue weighted by Crippen LogP contribution is 2.13. The van der Waals surface area contributed by atoms with Crippen LogP contribution in [0, 0.1) is 0 Å². The number of rotatable bonds is 7. The zero-order valence-electron chi connectivity index (χ0n) is 9.97. The zero-order chi connectivity index (χ0) is 10.8. The van der Waals surface area contributed by atoms with E-state index < -0.39 is 0 Å². The molecule has 0 heteroatoms. The molecule has 0 N–H and O–H groups in total. The van der Waals surface area contributed by atoms with Gasteiger partial charge in [-0.05, 0) is 39.5 Å². The smallest absolute Gasteiger partial charge is 0.0142 e. The summed E-state index contributed by atoms with van der Waals surface area (Å²) < 4.78 is 0. The molecule has 0 bridgehead atoms. The summed E-state index contributed by atoms with van der Waals surface area (Å²) in [4.78, 5) is 0. The number of hydrogen-bond acceptors (Lipinski definition) is 0. The Morgan fingerprint density at radius 1 is 1.29 bits per heavy atom. The van der Waals surface area contributed by atoms with Gasteiger partial charge in [0.2, 0.25) is 0 Å². The van der Waals surface area contributed by atoms with Gasteiger partial charge in [0.15, 0.2) is 0 Å². The van der Waals surface area contributed by atoms with Crippen molar-refractivity contribution in [3.8, 4) is 0 Å². The molecule has 0 heterocycles. The Hall–Kier alpha value is -0.780. The lowest BCUT2D eigenvalue weighted by atomic mass is 10.0. The van der Waals surface area contributed by atoms with Crippen molar-refractivity contribution in [3.05, 3.63) is 36.0 Å². The molecule has 80 valence electrons. The van der Waals surface area contributed by atoms with E-state index in [1.165, 1.54) is 36.8 Å². The van der Waals surface area contributed by atoms with E-state index in [0.717, 1.165) is 6.42 Å². The molecule has 14 heavy (non-hydrogen) atoms. The standard InChI is InChI=1S/C14H24/c1-5-9-13(4)11-8-12-14(7-3)10-6-2/h6-7,11H,2,5,8-10,12H2,1,3-4H3/b13-11?,14-7+. The van der Waals surface area contributed by atoms with E-state index in [1.807, 2.05) is 6.08 Å². The first kappa shape index (κ1) is 13.2. The van der Waals surface area contributed by atoms with E-state index in [1.54, 1.807) is 0 Å². The predicted octanol–water partition coefficient (Wildman–Crippen LogP) is 5.04. The third-order valence-electron chi connectivity index (χ3n) is 2.42. The van der Waals surface area contributed by atoms with Crippen molar-refractivity contribution >= 4 is 0 Å². The largest absolute Gasteiger partial charge is 0.103 e. The van der Waals surface area contributed by atoms with Crippen molar-refractivity contribution in [2.45, 2.75) is 52.9 Å². The van der Waals surface area contributed by atoms with E-state index in [9.17, 15) is 0 Å². The third-order valence-corrected chi connectivity index (χ3v) is 2.42. The minimum atomic E-state index is 1.04. The molecule has 0 saturated heterocycles. The zero-order valence-corrected chi connectivity index (χ0v) is 9.97. The number of allylic oxidation sites excluding steroid dienone is 5. The van der Waals surface area contributed by atoms with Crippen molar-refractivity contribution in [1.82, 2.24) is 0 Å². The highest BCUT2D eigenvalue weighted by Gasteiger charge is 1.92. The van der Waals surface area contributed by atoms with E-state index in [-0.39, 0.29) is 0 Å². The summed E-state index contributed by atoms with van der Waals surface area (Å²) >= 11 is 0. The summed E-state index contributed by atoms with van der Waals surface area (Å²) in [5.74, 6) is 0. The summed E-state index contributed by atoms with van der Waals surface area (Å²) in [6.45, 7) is 10.3. The van der Waals surface area contributed by atoms with E-state index in [0.29, 0.717) is 0 Å². The Balaban J connectivity index is 3.81. The molecule has 0 spiro atoms. The lowest BCUT2D eigenvalue weighted by Crippen LogP contribution is -1.82. The maximum Gasteiger partial charge on any atom is -0.0142 e. The van der Waals surface area contributed by atoms with Gasteiger partial charge in [0.05, 0.1) is 0 Å². The summed E-state index contributed by atoms with van der Waals surface area (Å²) in [5, 5.41) is 0. The molecule has 0 rings (SSSR count). The molecule has 0 aromatic carbocycles. The molecule has 0 unspecified atom stereocenters. The maximum absolute atomic E-state index is 3.76. The van der Waals surface area contributed by atoms with Crippen LogP contribution in [0.4, 0.5) is 0 Å². The van der Waals surface area contributed by atoms with Crippen molar-refractivity contribution in [1.29, 1.82) is 0 Å². The monoisotopic (exact) mass is 192 g/mol. The van der Waals surface area contributed by atoms with Crippen LogP contribution >= 0.6 is 0 Å². The molecular weight excluding hydrogens is 168 g/mol. The van der Waals surface area contributed by atoms with Crippen molar-refractivity contribution in [2.75, 3.05) is 0 Å². The highest BCUT2D eigenvalue weighted by molar-refractivity contribution is 5.07. The molecule has 0 aromatic heterocycles. The fourth-order valence-corrected chi connectivity index (χ4v) is 1.55. The maximum atomic E-state index is 3.76. The van der Waals surface area contributed by atoms with E-state index in [2.05, 4.69) is 39.5 Å². The van der Waals surface area contributed by atoms with Crippen LogP contribution in [0.15, 0.2) is 36.0 Å². The van der Waals surface area contributed by atoms with Crippen LogP contribution in [0.25, 0.3) is 0 Å². The van der Waals surface area contributed by atoms with Gasteiger partial charge in [0.25, 0.3) is 0 Å². The quantitative estimate of drug-likeness (QED) is 0.496. The SMILES string of the molecule is C=CC/C(=C\C)CCC=C(C)CCC. The van der Waals surface area contributed by atoms with Gasteiger partial charge in [0.1, 0.15) is 0 Å². The molecule has 0 aliphatic carbocycles. The van der Waals surface area contributed by atoms with Gasteiger partial charge in [0, 0.05) is 0 Å². The molecule has 0 aliphatic rings. The summed E-state index contributed by atoms with van der Waals surface area (Å²) in [6, 6.07) is 0. The minimum absolute atomic E-state index is 1.04. The molecule has 0 atom stereocenters. The second kappa shape index (κ2) is 8.80. The average Bonchev–Trinajstić information content (AvgIpc) is 2.17. The van der Waals surface area contributed by atoms with Gasteiger partial charge < -0.3 is 0 Å². The van der Waals surface area contributed by atoms with Crippen LogP contribution in [-0.4, -0.2) is 0 Å². The Bertz CT molecular complexity index is 206. The molecular formula is C14H24. The second-order valence-electron chi connectivity index (χ2n) is 3.78. The third kappa shape index (κ3) is 6.71. The Morgan fingerprint density at radius 3 is 2.50 bits per heavy atom. The second-order valence-corrected chi connectivity index (χ2v) is 3.78. The molecule has 0 aliphatic heterocycles.